The Morgan fingerprint density at radius 1 is 0.582 bits per heavy atom. The summed E-state index contributed by atoms with van der Waals surface area (Å²) >= 11 is 0. The molecular weight excluding hydrogens is 833 g/mol. The summed E-state index contributed by atoms with van der Waals surface area (Å²) < 4.78 is 20.9. The average Bonchev–Trinajstić information content (AvgIpc) is 3.94. The van der Waals surface area contributed by atoms with E-state index in [4.69, 9.17) is 24.2 Å². The van der Waals surface area contributed by atoms with Crippen molar-refractivity contribution in [2.45, 2.75) is 33.9 Å². The van der Waals surface area contributed by atoms with Crippen molar-refractivity contribution in [2.24, 2.45) is 0 Å². The van der Waals surface area contributed by atoms with Gasteiger partial charge < -0.3 is 23.0 Å². The van der Waals surface area contributed by atoms with Crippen molar-refractivity contribution < 1.29 is 19.0 Å². The van der Waals surface area contributed by atoms with Gasteiger partial charge in [-0.15, -0.1) is 0 Å². The lowest BCUT2D eigenvalue weighted by molar-refractivity contribution is 0.0340. The predicted molar refractivity (Wildman–Crippen MR) is 269 cm³/mol. The molecule has 67 heavy (non-hydrogen) atoms. The normalized spacial score (nSPS) is 14.9. The molecular formula is C57H54N6O4. The summed E-state index contributed by atoms with van der Waals surface area (Å²) in [6, 6.07) is 44.4. The van der Waals surface area contributed by atoms with Gasteiger partial charge in [-0.2, -0.15) is 0 Å². The number of benzene rings is 4. The standard InChI is InChI=1S/C30H29N3O3.C27H25N3O/c1-3-36-30(34)27-25-10-6-7-13-33(25)29-26(27)23-8-4-5-9-24(23)31-28(29)21-12-11-20(2)22(18-21)19-32-14-16-35-17-15-32;1-19-9-10-20(16-21(19)18-29-12-14-31-15-13-29)26-27-24(17-22-6-4-5-11-30(22)27)23-7-2-3-8-25(23)28-26/h4-13,18H,3,14-17,19H2,1-2H3;2-11,16-17H,12-15,18H2,1H3. The molecule has 4 aromatic carbocycles. The molecule has 0 atom stereocenters. The maximum atomic E-state index is 13.3. The second-order valence-corrected chi connectivity index (χ2v) is 17.7. The molecule has 2 saturated heterocycles. The topological polar surface area (TPSA) is 85.8 Å². The predicted octanol–water partition coefficient (Wildman–Crippen LogP) is 11.1. The molecule has 2 aliphatic rings. The molecule has 10 nitrogen and oxygen atoms in total. The van der Waals surface area contributed by atoms with Crippen LogP contribution < -0.4 is 0 Å². The second kappa shape index (κ2) is 18.4. The first-order valence-electron chi connectivity index (χ1n) is 23.5. The monoisotopic (exact) mass is 886 g/mol. The van der Waals surface area contributed by atoms with Crippen LogP contribution in [0.5, 0.6) is 0 Å². The zero-order chi connectivity index (χ0) is 45.4. The number of aryl methyl sites for hydroxylation is 2. The summed E-state index contributed by atoms with van der Waals surface area (Å²) in [4.78, 5) is 28.5. The Labute approximate surface area is 389 Å². The van der Waals surface area contributed by atoms with Crippen molar-refractivity contribution in [2.75, 3.05) is 59.2 Å². The largest absolute Gasteiger partial charge is 0.462 e. The van der Waals surface area contributed by atoms with Crippen molar-refractivity contribution in [1.29, 1.82) is 0 Å². The van der Waals surface area contributed by atoms with E-state index in [1.54, 1.807) is 0 Å². The van der Waals surface area contributed by atoms with E-state index in [2.05, 4.69) is 124 Å². The molecule has 0 spiro atoms. The fourth-order valence-electron chi connectivity index (χ4n) is 9.99. The van der Waals surface area contributed by atoms with Crippen LogP contribution in [-0.2, 0) is 27.3 Å². The number of fused-ring (bicyclic) bond motifs is 10. The number of ether oxygens (including phenoxy) is 3. The third-order valence-corrected chi connectivity index (χ3v) is 13.5. The summed E-state index contributed by atoms with van der Waals surface area (Å²) in [6.07, 6.45) is 4.14. The minimum atomic E-state index is -0.310. The van der Waals surface area contributed by atoms with Gasteiger partial charge in [-0.1, -0.05) is 72.8 Å². The number of para-hydroxylation sites is 2. The van der Waals surface area contributed by atoms with E-state index in [0.29, 0.717) is 12.2 Å². The first kappa shape index (κ1) is 42.7. The number of nitrogens with zero attached hydrogens (tertiary/aromatic N) is 6. The number of morpholine rings is 2. The molecule has 336 valence electrons. The Hall–Kier alpha value is -6.95. The molecule has 10 aromatic rings. The lowest BCUT2D eigenvalue weighted by Crippen LogP contribution is -2.35. The maximum Gasteiger partial charge on any atom is 0.340 e. The molecule has 8 heterocycles. The number of aromatic nitrogens is 4. The van der Waals surface area contributed by atoms with E-state index in [1.807, 2.05) is 55.6 Å². The number of pyridine rings is 4. The third-order valence-electron chi connectivity index (χ3n) is 13.5. The molecule has 12 rings (SSSR count). The molecule has 2 fully saturated rings. The molecule has 0 unspecified atom stereocenters. The first-order valence-corrected chi connectivity index (χ1v) is 23.5. The van der Waals surface area contributed by atoms with Crippen molar-refractivity contribution in [3.8, 4) is 22.5 Å². The van der Waals surface area contributed by atoms with E-state index in [0.717, 1.165) is 115 Å². The minimum absolute atomic E-state index is 0.310. The van der Waals surface area contributed by atoms with Gasteiger partial charge in [-0.25, -0.2) is 14.8 Å². The van der Waals surface area contributed by atoms with Gasteiger partial charge in [0.2, 0.25) is 0 Å². The van der Waals surface area contributed by atoms with E-state index < -0.39 is 0 Å². The van der Waals surface area contributed by atoms with Crippen LogP contribution in [0.25, 0.3) is 77.2 Å². The molecule has 10 heteroatoms. The molecule has 0 N–H and O–H groups in total. The van der Waals surface area contributed by atoms with Crippen LogP contribution in [0.2, 0.25) is 0 Å². The molecule has 0 radical (unpaired) electrons. The van der Waals surface area contributed by atoms with Crippen molar-refractivity contribution in [3.63, 3.8) is 0 Å². The molecule has 0 aliphatic carbocycles. The minimum Gasteiger partial charge on any atom is -0.462 e. The van der Waals surface area contributed by atoms with Crippen LogP contribution in [0.1, 0.15) is 39.5 Å². The Bertz CT molecular complexity index is 3470. The zero-order valence-electron chi connectivity index (χ0n) is 38.4. The first-order chi connectivity index (χ1) is 32.9. The summed E-state index contributed by atoms with van der Waals surface area (Å²) in [7, 11) is 0. The zero-order valence-corrected chi connectivity index (χ0v) is 38.4. The Kier molecular flexibility index (Phi) is 11.7. The van der Waals surface area contributed by atoms with Crippen LogP contribution >= 0.6 is 0 Å². The summed E-state index contributed by atoms with van der Waals surface area (Å²) in [5.41, 5.74) is 16.0. The van der Waals surface area contributed by atoms with Gasteiger partial charge in [-0.3, -0.25) is 9.80 Å². The molecule has 0 saturated carbocycles. The number of hydrogen-bond acceptors (Lipinski definition) is 8. The van der Waals surface area contributed by atoms with Gasteiger partial charge in [0, 0.05) is 89.9 Å². The Morgan fingerprint density at radius 2 is 1.12 bits per heavy atom. The van der Waals surface area contributed by atoms with Crippen molar-refractivity contribution in [1.82, 2.24) is 28.6 Å². The van der Waals surface area contributed by atoms with Crippen molar-refractivity contribution in [3.05, 3.63) is 168 Å². The lowest BCUT2D eigenvalue weighted by atomic mass is 9.99. The van der Waals surface area contributed by atoms with Crippen molar-refractivity contribution >= 4 is 60.6 Å². The molecule has 0 bridgehead atoms. The van der Waals surface area contributed by atoms with Gasteiger partial charge in [-0.05, 0) is 97.6 Å². The second-order valence-electron chi connectivity index (χ2n) is 17.7. The average molecular weight is 887 g/mol. The summed E-state index contributed by atoms with van der Waals surface area (Å²) in [5, 5.41) is 4.28. The van der Waals surface area contributed by atoms with E-state index >= 15 is 0 Å². The number of rotatable bonds is 8. The van der Waals surface area contributed by atoms with Crippen LogP contribution in [-0.4, -0.2) is 93.8 Å². The highest BCUT2D eigenvalue weighted by Crippen LogP contribution is 2.40. The van der Waals surface area contributed by atoms with Gasteiger partial charge in [0.05, 0.1) is 77.6 Å². The fourth-order valence-corrected chi connectivity index (χ4v) is 9.99. The van der Waals surface area contributed by atoms with E-state index in [-0.39, 0.29) is 5.97 Å². The fraction of sp³-hybridized carbons (Fsp3) is 0.246. The molecule has 0 amide bonds. The van der Waals surface area contributed by atoms with Gasteiger partial charge in [0.1, 0.15) is 0 Å². The SMILES string of the molecule is CCOC(=O)c1c2c3ccccc3nc(-c3ccc(C)c(CN4CCOCC4)c3)c2n2ccccc12.Cc1ccc(-c2nc3ccccc3c3cc4ccccn4c23)cc1CN1CCOCC1. The Balaban J connectivity index is 0.000000149. The number of carbonyl (C=O) groups is 1. The maximum absolute atomic E-state index is 13.3. The van der Waals surface area contributed by atoms with Crippen LogP contribution in [0.15, 0.2) is 140 Å². The number of carbonyl (C=O) groups excluding carboxylic acids is 1. The highest BCUT2D eigenvalue weighted by Gasteiger charge is 2.25. The van der Waals surface area contributed by atoms with E-state index in [9.17, 15) is 4.79 Å². The summed E-state index contributed by atoms with van der Waals surface area (Å²) in [5.74, 6) is -0.310. The highest BCUT2D eigenvalue weighted by molar-refractivity contribution is 6.22. The molecule has 2 aliphatic heterocycles. The van der Waals surface area contributed by atoms with E-state index in [1.165, 1.54) is 49.6 Å². The van der Waals surface area contributed by atoms with Crippen LogP contribution in [0, 0.1) is 13.8 Å². The van der Waals surface area contributed by atoms with Gasteiger partial charge in [0.25, 0.3) is 0 Å². The number of hydrogen-bond donors (Lipinski definition) is 0. The van der Waals surface area contributed by atoms with Crippen LogP contribution in [0.4, 0.5) is 0 Å². The third kappa shape index (κ3) is 8.10. The Morgan fingerprint density at radius 3 is 1.75 bits per heavy atom. The number of esters is 1. The summed E-state index contributed by atoms with van der Waals surface area (Å²) in [6.45, 7) is 15.4. The quantitative estimate of drug-likeness (QED) is 0.140. The molecule has 6 aromatic heterocycles. The van der Waals surface area contributed by atoms with Crippen LogP contribution in [0.3, 0.4) is 0 Å². The van der Waals surface area contributed by atoms with Gasteiger partial charge >= 0.3 is 5.97 Å². The smallest absolute Gasteiger partial charge is 0.340 e. The lowest BCUT2D eigenvalue weighted by Gasteiger charge is -2.27. The van der Waals surface area contributed by atoms with Gasteiger partial charge in [0.15, 0.2) is 0 Å². The highest BCUT2D eigenvalue weighted by atomic mass is 16.5.